The SMILES string of the molecule is Cc1cccc(NC(=O)c2cnc(C(=O)Cc3cccc(N)c3)cn2)c1. The van der Waals surface area contributed by atoms with E-state index in [0.717, 1.165) is 11.1 Å². The van der Waals surface area contributed by atoms with Crippen molar-refractivity contribution < 1.29 is 9.59 Å². The molecule has 3 N–H and O–H groups in total. The van der Waals surface area contributed by atoms with Gasteiger partial charge in [-0.25, -0.2) is 9.97 Å². The molecule has 6 nitrogen and oxygen atoms in total. The molecule has 0 saturated heterocycles. The van der Waals surface area contributed by atoms with E-state index < -0.39 is 0 Å². The Labute approximate surface area is 151 Å². The van der Waals surface area contributed by atoms with Gasteiger partial charge in [-0.05, 0) is 42.3 Å². The first-order chi connectivity index (χ1) is 12.5. The molecule has 3 rings (SSSR count). The lowest BCUT2D eigenvalue weighted by molar-refractivity contribution is 0.0982. The number of rotatable bonds is 5. The van der Waals surface area contributed by atoms with Crippen LogP contribution in [0.25, 0.3) is 0 Å². The highest BCUT2D eigenvalue weighted by atomic mass is 16.2. The molecule has 0 aliphatic heterocycles. The van der Waals surface area contributed by atoms with E-state index in [1.54, 1.807) is 24.3 Å². The summed E-state index contributed by atoms with van der Waals surface area (Å²) < 4.78 is 0. The lowest BCUT2D eigenvalue weighted by atomic mass is 10.1. The Morgan fingerprint density at radius 3 is 2.42 bits per heavy atom. The Morgan fingerprint density at radius 1 is 1.00 bits per heavy atom. The van der Waals surface area contributed by atoms with Crippen LogP contribution < -0.4 is 11.1 Å². The molecule has 0 aliphatic carbocycles. The van der Waals surface area contributed by atoms with E-state index in [1.165, 1.54) is 12.4 Å². The Morgan fingerprint density at radius 2 is 1.73 bits per heavy atom. The van der Waals surface area contributed by atoms with Gasteiger partial charge in [0, 0.05) is 17.8 Å². The van der Waals surface area contributed by atoms with Gasteiger partial charge in [0.25, 0.3) is 5.91 Å². The number of anilines is 2. The van der Waals surface area contributed by atoms with E-state index in [0.29, 0.717) is 11.4 Å². The maximum atomic E-state index is 12.3. The number of aromatic nitrogens is 2. The molecule has 1 aromatic heterocycles. The van der Waals surface area contributed by atoms with Crippen LogP contribution in [0.1, 0.15) is 32.1 Å². The zero-order valence-corrected chi connectivity index (χ0v) is 14.3. The van der Waals surface area contributed by atoms with Crippen LogP contribution in [0.3, 0.4) is 0 Å². The fraction of sp³-hybridized carbons (Fsp3) is 0.100. The second kappa shape index (κ2) is 7.57. The summed E-state index contributed by atoms with van der Waals surface area (Å²) in [6, 6.07) is 14.6. The van der Waals surface area contributed by atoms with E-state index in [4.69, 9.17) is 5.73 Å². The summed E-state index contributed by atoms with van der Waals surface area (Å²) in [5.74, 6) is -0.563. The normalized spacial score (nSPS) is 10.3. The van der Waals surface area contributed by atoms with Gasteiger partial charge in [0.05, 0.1) is 12.4 Å². The Bertz CT molecular complexity index is 874. The molecule has 1 amide bonds. The van der Waals surface area contributed by atoms with Gasteiger partial charge in [0.15, 0.2) is 5.78 Å². The van der Waals surface area contributed by atoms with E-state index in [2.05, 4.69) is 15.3 Å². The average Bonchev–Trinajstić information content (AvgIpc) is 2.62. The van der Waals surface area contributed by atoms with Crippen molar-refractivity contribution in [3.8, 4) is 0 Å². The Hall–Kier alpha value is -3.54. The molecular formula is C20H18N4O2. The number of carbonyl (C=O) groups is 2. The van der Waals surface area contributed by atoms with Crippen LogP contribution >= 0.6 is 0 Å². The molecule has 6 heteroatoms. The molecule has 0 atom stereocenters. The fourth-order valence-corrected chi connectivity index (χ4v) is 2.49. The monoisotopic (exact) mass is 346 g/mol. The first-order valence-electron chi connectivity index (χ1n) is 8.09. The first kappa shape index (κ1) is 17.3. The molecule has 0 saturated carbocycles. The highest BCUT2D eigenvalue weighted by Gasteiger charge is 2.13. The van der Waals surface area contributed by atoms with Crippen LogP contribution in [0.15, 0.2) is 60.9 Å². The standard InChI is InChI=1S/C20H18N4O2/c1-13-4-2-7-16(8-13)24-20(26)18-12-22-17(11-23-18)19(25)10-14-5-3-6-15(21)9-14/h2-9,11-12H,10,21H2,1H3,(H,24,26). The zero-order chi connectivity index (χ0) is 18.5. The van der Waals surface area contributed by atoms with Crippen molar-refractivity contribution in [1.82, 2.24) is 9.97 Å². The summed E-state index contributed by atoms with van der Waals surface area (Å²) in [5.41, 5.74) is 9.19. The molecular weight excluding hydrogens is 328 g/mol. The Kier molecular flexibility index (Phi) is 5.03. The second-order valence-electron chi connectivity index (χ2n) is 5.96. The van der Waals surface area contributed by atoms with Crippen molar-refractivity contribution >= 4 is 23.1 Å². The van der Waals surface area contributed by atoms with Crippen LogP contribution in [0, 0.1) is 6.92 Å². The number of aryl methyl sites for hydroxylation is 1. The van der Waals surface area contributed by atoms with Gasteiger partial charge in [-0.1, -0.05) is 24.3 Å². The first-order valence-corrected chi connectivity index (χ1v) is 8.09. The number of ketones is 1. The highest BCUT2D eigenvalue weighted by Crippen LogP contribution is 2.12. The predicted molar refractivity (Wildman–Crippen MR) is 100 cm³/mol. The molecule has 1 heterocycles. The van der Waals surface area contributed by atoms with Gasteiger partial charge in [0.2, 0.25) is 0 Å². The van der Waals surface area contributed by atoms with Crippen molar-refractivity contribution in [2.24, 2.45) is 0 Å². The summed E-state index contributed by atoms with van der Waals surface area (Å²) in [4.78, 5) is 32.6. The van der Waals surface area contributed by atoms with E-state index in [1.807, 2.05) is 31.2 Å². The molecule has 2 aromatic carbocycles. The lowest BCUT2D eigenvalue weighted by Gasteiger charge is -2.06. The van der Waals surface area contributed by atoms with Crippen LogP contribution in [0.2, 0.25) is 0 Å². The minimum atomic E-state index is -0.377. The Balaban J connectivity index is 1.67. The number of nitrogen functional groups attached to an aromatic ring is 1. The van der Waals surface area contributed by atoms with Gasteiger partial charge < -0.3 is 11.1 Å². The second-order valence-corrected chi connectivity index (χ2v) is 5.96. The number of Topliss-reactive ketones (excluding diaryl/α,β-unsaturated/α-hetero) is 1. The lowest BCUT2D eigenvalue weighted by Crippen LogP contribution is -2.15. The van der Waals surface area contributed by atoms with Gasteiger partial charge in [0.1, 0.15) is 11.4 Å². The van der Waals surface area contributed by atoms with Gasteiger partial charge in [-0.15, -0.1) is 0 Å². The number of amides is 1. The van der Waals surface area contributed by atoms with E-state index >= 15 is 0 Å². The molecule has 26 heavy (non-hydrogen) atoms. The van der Waals surface area contributed by atoms with Gasteiger partial charge in [-0.3, -0.25) is 9.59 Å². The minimum Gasteiger partial charge on any atom is -0.399 e. The smallest absolute Gasteiger partial charge is 0.275 e. The van der Waals surface area contributed by atoms with Gasteiger partial charge in [-0.2, -0.15) is 0 Å². The number of nitrogens with one attached hydrogen (secondary N) is 1. The van der Waals surface area contributed by atoms with E-state index in [-0.39, 0.29) is 29.5 Å². The third-order valence-electron chi connectivity index (χ3n) is 3.76. The van der Waals surface area contributed by atoms with E-state index in [9.17, 15) is 9.59 Å². The summed E-state index contributed by atoms with van der Waals surface area (Å²) in [5, 5.41) is 2.75. The molecule has 0 bridgehead atoms. The summed E-state index contributed by atoms with van der Waals surface area (Å²) in [6.07, 6.45) is 2.80. The number of carbonyl (C=O) groups excluding carboxylic acids is 2. The van der Waals surface area contributed by atoms with Crippen molar-refractivity contribution in [2.45, 2.75) is 13.3 Å². The summed E-state index contributed by atoms with van der Waals surface area (Å²) >= 11 is 0. The number of hydrogen-bond acceptors (Lipinski definition) is 5. The predicted octanol–water partition coefficient (Wildman–Crippen LogP) is 3.04. The quantitative estimate of drug-likeness (QED) is 0.546. The molecule has 0 unspecified atom stereocenters. The molecule has 130 valence electrons. The maximum Gasteiger partial charge on any atom is 0.275 e. The number of benzene rings is 2. The third-order valence-corrected chi connectivity index (χ3v) is 3.76. The van der Waals surface area contributed by atoms with Crippen LogP contribution in [0.4, 0.5) is 11.4 Å². The topological polar surface area (TPSA) is 98.0 Å². The maximum absolute atomic E-state index is 12.3. The molecule has 0 aliphatic rings. The van der Waals surface area contributed by atoms with Gasteiger partial charge >= 0.3 is 0 Å². The molecule has 0 radical (unpaired) electrons. The zero-order valence-electron chi connectivity index (χ0n) is 14.3. The third kappa shape index (κ3) is 4.30. The molecule has 3 aromatic rings. The van der Waals surface area contributed by atoms with Crippen molar-refractivity contribution in [2.75, 3.05) is 11.1 Å². The highest BCUT2D eigenvalue weighted by molar-refractivity contribution is 6.03. The molecule has 0 spiro atoms. The van der Waals surface area contributed by atoms with Crippen LogP contribution in [-0.4, -0.2) is 21.7 Å². The number of hydrogen-bond donors (Lipinski definition) is 2. The van der Waals surface area contributed by atoms with Crippen LogP contribution in [-0.2, 0) is 6.42 Å². The van der Waals surface area contributed by atoms with Crippen molar-refractivity contribution in [1.29, 1.82) is 0 Å². The van der Waals surface area contributed by atoms with Crippen LogP contribution in [0.5, 0.6) is 0 Å². The molecule has 0 fully saturated rings. The summed E-state index contributed by atoms with van der Waals surface area (Å²) in [7, 11) is 0. The largest absolute Gasteiger partial charge is 0.399 e. The fourth-order valence-electron chi connectivity index (χ4n) is 2.49. The minimum absolute atomic E-state index is 0.145. The summed E-state index contributed by atoms with van der Waals surface area (Å²) in [6.45, 7) is 1.94. The number of nitrogens with two attached hydrogens (primary N) is 1. The average molecular weight is 346 g/mol. The number of nitrogens with zero attached hydrogens (tertiary/aromatic N) is 2. The van der Waals surface area contributed by atoms with Crippen molar-refractivity contribution in [3.63, 3.8) is 0 Å². The van der Waals surface area contributed by atoms with Crippen molar-refractivity contribution in [3.05, 3.63) is 83.4 Å².